The molecule has 0 spiro atoms. The van der Waals surface area contributed by atoms with Crippen molar-refractivity contribution < 1.29 is 14.3 Å². The van der Waals surface area contributed by atoms with Crippen molar-refractivity contribution in [3.63, 3.8) is 0 Å². The number of hydrogen-bond donors (Lipinski definition) is 0. The number of methoxy groups -OCH3 is 2. The SMILES string of the molecule is COc1cccc(OC)c1C(=O)N1CCCc2ccccc21. The van der Waals surface area contributed by atoms with Gasteiger partial charge in [-0.1, -0.05) is 24.3 Å². The summed E-state index contributed by atoms with van der Waals surface area (Å²) < 4.78 is 10.7. The van der Waals surface area contributed by atoms with Gasteiger partial charge in [0.1, 0.15) is 17.1 Å². The molecule has 22 heavy (non-hydrogen) atoms. The summed E-state index contributed by atoms with van der Waals surface area (Å²) in [6.45, 7) is 0.705. The summed E-state index contributed by atoms with van der Waals surface area (Å²) in [7, 11) is 3.13. The summed E-state index contributed by atoms with van der Waals surface area (Å²) in [6.07, 6.45) is 1.96. The van der Waals surface area contributed by atoms with E-state index in [4.69, 9.17) is 9.47 Å². The van der Waals surface area contributed by atoms with Gasteiger partial charge in [0.2, 0.25) is 0 Å². The third-order valence-corrected chi connectivity index (χ3v) is 4.00. The van der Waals surface area contributed by atoms with Gasteiger partial charge in [-0.05, 0) is 36.6 Å². The van der Waals surface area contributed by atoms with Gasteiger partial charge in [0.25, 0.3) is 5.91 Å². The van der Waals surface area contributed by atoms with E-state index in [0.717, 1.165) is 18.5 Å². The monoisotopic (exact) mass is 297 g/mol. The predicted octanol–water partition coefficient (Wildman–Crippen LogP) is 3.30. The van der Waals surface area contributed by atoms with Gasteiger partial charge in [-0.25, -0.2) is 0 Å². The van der Waals surface area contributed by atoms with E-state index in [1.807, 2.05) is 29.2 Å². The number of anilines is 1. The maximum Gasteiger partial charge on any atom is 0.265 e. The summed E-state index contributed by atoms with van der Waals surface area (Å²) in [6, 6.07) is 13.4. The molecule has 0 radical (unpaired) electrons. The minimum atomic E-state index is -0.0820. The van der Waals surface area contributed by atoms with Crippen molar-refractivity contribution in [1.29, 1.82) is 0 Å². The van der Waals surface area contributed by atoms with Crippen LogP contribution in [0.3, 0.4) is 0 Å². The van der Waals surface area contributed by atoms with Crippen LogP contribution in [0.1, 0.15) is 22.3 Å². The molecule has 1 aliphatic heterocycles. The summed E-state index contributed by atoms with van der Waals surface area (Å²) in [5, 5.41) is 0. The van der Waals surface area contributed by atoms with Crippen LogP contribution in [-0.2, 0) is 6.42 Å². The van der Waals surface area contributed by atoms with E-state index < -0.39 is 0 Å². The quantitative estimate of drug-likeness (QED) is 0.872. The number of carbonyl (C=O) groups is 1. The maximum absolute atomic E-state index is 13.1. The van der Waals surface area contributed by atoms with Gasteiger partial charge in [-0.15, -0.1) is 0 Å². The first kappa shape index (κ1) is 14.4. The Bertz CT molecular complexity index is 674. The lowest BCUT2D eigenvalue weighted by Gasteiger charge is -2.30. The molecule has 1 amide bonds. The number of amides is 1. The lowest BCUT2D eigenvalue weighted by Crippen LogP contribution is -2.35. The normalized spacial score (nSPS) is 13.5. The van der Waals surface area contributed by atoms with Gasteiger partial charge in [-0.3, -0.25) is 4.79 Å². The Morgan fingerprint density at radius 2 is 1.68 bits per heavy atom. The average Bonchev–Trinajstić information content (AvgIpc) is 2.59. The first-order valence-electron chi connectivity index (χ1n) is 7.37. The van der Waals surface area contributed by atoms with Crippen LogP contribution in [0.5, 0.6) is 11.5 Å². The fourth-order valence-electron chi connectivity index (χ4n) is 2.94. The molecule has 0 unspecified atom stereocenters. The second kappa shape index (κ2) is 6.10. The second-order valence-electron chi connectivity index (χ2n) is 5.23. The highest BCUT2D eigenvalue weighted by Gasteiger charge is 2.27. The van der Waals surface area contributed by atoms with Crippen LogP contribution >= 0.6 is 0 Å². The molecule has 0 atom stereocenters. The van der Waals surface area contributed by atoms with E-state index in [9.17, 15) is 4.79 Å². The van der Waals surface area contributed by atoms with Crippen molar-refractivity contribution in [3.8, 4) is 11.5 Å². The Balaban J connectivity index is 2.06. The Morgan fingerprint density at radius 3 is 2.36 bits per heavy atom. The fraction of sp³-hybridized carbons (Fsp3) is 0.278. The van der Waals surface area contributed by atoms with E-state index in [1.54, 1.807) is 26.4 Å². The Labute approximate surface area is 130 Å². The maximum atomic E-state index is 13.1. The first-order chi connectivity index (χ1) is 10.8. The molecule has 0 aromatic heterocycles. The average molecular weight is 297 g/mol. The molecule has 0 N–H and O–H groups in total. The van der Waals surface area contributed by atoms with Crippen LogP contribution in [-0.4, -0.2) is 26.7 Å². The molecule has 1 aliphatic rings. The summed E-state index contributed by atoms with van der Waals surface area (Å²) >= 11 is 0. The summed E-state index contributed by atoms with van der Waals surface area (Å²) in [4.78, 5) is 14.9. The molecular formula is C18H19NO3. The van der Waals surface area contributed by atoms with Crippen LogP contribution in [0, 0.1) is 0 Å². The molecule has 0 fully saturated rings. The Hall–Kier alpha value is -2.49. The minimum Gasteiger partial charge on any atom is -0.496 e. The molecule has 3 rings (SSSR count). The third-order valence-electron chi connectivity index (χ3n) is 4.00. The third kappa shape index (κ3) is 2.41. The molecule has 0 saturated carbocycles. The van der Waals surface area contributed by atoms with Gasteiger partial charge >= 0.3 is 0 Å². The van der Waals surface area contributed by atoms with E-state index in [2.05, 4.69) is 6.07 Å². The van der Waals surface area contributed by atoms with Crippen LogP contribution in [0.15, 0.2) is 42.5 Å². The largest absolute Gasteiger partial charge is 0.496 e. The van der Waals surface area contributed by atoms with Gasteiger partial charge in [0, 0.05) is 12.2 Å². The zero-order valence-corrected chi connectivity index (χ0v) is 12.8. The number of rotatable bonds is 3. The molecule has 4 nitrogen and oxygen atoms in total. The van der Waals surface area contributed by atoms with Crippen LogP contribution in [0.4, 0.5) is 5.69 Å². The molecule has 2 aromatic rings. The number of aryl methyl sites for hydroxylation is 1. The number of para-hydroxylation sites is 1. The molecular weight excluding hydrogens is 278 g/mol. The number of carbonyl (C=O) groups excluding carboxylic acids is 1. The molecule has 2 aromatic carbocycles. The zero-order valence-electron chi connectivity index (χ0n) is 12.8. The van der Waals surface area contributed by atoms with Crippen molar-refractivity contribution in [2.75, 3.05) is 25.7 Å². The van der Waals surface area contributed by atoms with Gasteiger partial charge in [0.15, 0.2) is 0 Å². The van der Waals surface area contributed by atoms with Crippen molar-refractivity contribution in [2.24, 2.45) is 0 Å². The highest BCUT2D eigenvalue weighted by Crippen LogP contribution is 2.34. The zero-order chi connectivity index (χ0) is 15.5. The highest BCUT2D eigenvalue weighted by molar-refractivity contribution is 6.10. The molecule has 1 heterocycles. The fourth-order valence-corrected chi connectivity index (χ4v) is 2.94. The standard InChI is InChI=1S/C18H19NO3/c1-21-15-10-5-11-16(22-2)17(15)18(20)19-12-6-8-13-7-3-4-9-14(13)19/h3-5,7,9-11H,6,8,12H2,1-2H3. The first-order valence-corrected chi connectivity index (χ1v) is 7.37. The van der Waals surface area contributed by atoms with Crippen molar-refractivity contribution in [3.05, 3.63) is 53.6 Å². The molecule has 4 heteroatoms. The van der Waals surface area contributed by atoms with Crippen molar-refractivity contribution >= 4 is 11.6 Å². The van der Waals surface area contributed by atoms with Crippen molar-refractivity contribution in [1.82, 2.24) is 0 Å². The minimum absolute atomic E-state index is 0.0820. The molecule has 0 saturated heterocycles. The smallest absolute Gasteiger partial charge is 0.265 e. The van der Waals surface area contributed by atoms with Gasteiger partial charge in [0.05, 0.1) is 14.2 Å². The van der Waals surface area contributed by atoms with Gasteiger partial charge < -0.3 is 14.4 Å². The van der Waals surface area contributed by atoms with Gasteiger partial charge in [-0.2, -0.15) is 0 Å². The number of fused-ring (bicyclic) bond motifs is 1. The van der Waals surface area contributed by atoms with E-state index in [-0.39, 0.29) is 5.91 Å². The molecule has 114 valence electrons. The number of hydrogen-bond acceptors (Lipinski definition) is 3. The van der Waals surface area contributed by atoms with Crippen LogP contribution in [0.25, 0.3) is 0 Å². The van der Waals surface area contributed by atoms with E-state index in [1.165, 1.54) is 5.56 Å². The summed E-state index contributed by atoms with van der Waals surface area (Å²) in [5.74, 6) is 0.987. The van der Waals surface area contributed by atoms with Crippen LogP contribution < -0.4 is 14.4 Å². The number of nitrogens with zero attached hydrogens (tertiary/aromatic N) is 1. The lowest BCUT2D eigenvalue weighted by atomic mass is 10.0. The lowest BCUT2D eigenvalue weighted by molar-refractivity contribution is 0.0979. The highest BCUT2D eigenvalue weighted by atomic mass is 16.5. The topological polar surface area (TPSA) is 38.8 Å². The van der Waals surface area contributed by atoms with E-state index >= 15 is 0 Å². The second-order valence-corrected chi connectivity index (χ2v) is 5.23. The number of benzene rings is 2. The Kier molecular flexibility index (Phi) is 4.00. The Morgan fingerprint density at radius 1 is 1.00 bits per heavy atom. The number of ether oxygens (including phenoxy) is 2. The van der Waals surface area contributed by atoms with Crippen LogP contribution in [0.2, 0.25) is 0 Å². The predicted molar refractivity (Wildman–Crippen MR) is 86.0 cm³/mol. The van der Waals surface area contributed by atoms with E-state index in [0.29, 0.717) is 23.6 Å². The molecule has 0 bridgehead atoms. The van der Waals surface area contributed by atoms with Crippen molar-refractivity contribution in [2.45, 2.75) is 12.8 Å². The molecule has 0 aliphatic carbocycles. The summed E-state index contributed by atoms with van der Waals surface area (Å²) in [5.41, 5.74) is 2.66.